The Kier molecular flexibility index (Phi) is 3.40. The molecule has 0 radical (unpaired) electrons. The van der Waals surface area contributed by atoms with E-state index in [0.29, 0.717) is 0 Å². The molecule has 5 heteroatoms. The molecule has 0 bridgehead atoms. The van der Waals surface area contributed by atoms with Gasteiger partial charge in [0.2, 0.25) is 0 Å². The van der Waals surface area contributed by atoms with Crippen LogP contribution in [-0.4, -0.2) is 29.7 Å². The standard InChI is InChI=1S/C12H17NO4/c1-6(13)8-7(14)5-12(2,3)9(10(8)15)11(16)17-4/h9,13,15H,5H2,1-4H3/t9-/m1/s1. The largest absolute Gasteiger partial charge is 0.511 e. The van der Waals surface area contributed by atoms with E-state index in [4.69, 9.17) is 5.41 Å². The topological polar surface area (TPSA) is 87.4 Å². The van der Waals surface area contributed by atoms with Crippen LogP contribution in [0.5, 0.6) is 0 Å². The molecule has 5 nitrogen and oxygen atoms in total. The van der Waals surface area contributed by atoms with E-state index in [9.17, 15) is 14.7 Å². The van der Waals surface area contributed by atoms with E-state index in [0.717, 1.165) is 0 Å². The molecule has 0 aliphatic heterocycles. The number of carbonyl (C=O) groups excluding carboxylic acids is 2. The molecule has 1 rings (SSSR count). The highest BCUT2D eigenvalue weighted by Gasteiger charge is 2.47. The monoisotopic (exact) mass is 239 g/mol. The van der Waals surface area contributed by atoms with Gasteiger partial charge in [-0.05, 0) is 12.3 Å². The van der Waals surface area contributed by atoms with Crippen LogP contribution >= 0.6 is 0 Å². The summed E-state index contributed by atoms with van der Waals surface area (Å²) in [5.74, 6) is -2.12. The highest BCUT2D eigenvalue weighted by molar-refractivity contribution is 6.22. The Morgan fingerprint density at radius 1 is 1.53 bits per heavy atom. The molecule has 0 amide bonds. The zero-order chi connectivity index (χ0) is 13.4. The average molecular weight is 239 g/mol. The number of hydrogen-bond donors (Lipinski definition) is 2. The second-order valence-electron chi connectivity index (χ2n) is 4.93. The first-order valence-electron chi connectivity index (χ1n) is 5.32. The van der Waals surface area contributed by atoms with Crippen LogP contribution in [0, 0.1) is 16.7 Å². The van der Waals surface area contributed by atoms with Gasteiger partial charge in [0, 0.05) is 12.1 Å². The second kappa shape index (κ2) is 4.31. The van der Waals surface area contributed by atoms with Crippen LogP contribution in [0.2, 0.25) is 0 Å². The first-order chi connectivity index (χ1) is 7.72. The molecule has 1 atom stereocenters. The van der Waals surface area contributed by atoms with E-state index in [-0.39, 0.29) is 29.2 Å². The van der Waals surface area contributed by atoms with Crippen molar-refractivity contribution in [3.05, 3.63) is 11.3 Å². The average Bonchev–Trinajstić information content (AvgIpc) is 2.13. The predicted molar refractivity (Wildman–Crippen MR) is 62.0 cm³/mol. The summed E-state index contributed by atoms with van der Waals surface area (Å²) in [6.45, 7) is 4.85. The molecule has 0 spiro atoms. The minimum absolute atomic E-state index is 0.0306. The van der Waals surface area contributed by atoms with Crippen molar-refractivity contribution in [3.63, 3.8) is 0 Å². The Morgan fingerprint density at radius 2 is 2.06 bits per heavy atom. The second-order valence-corrected chi connectivity index (χ2v) is 4.93. The van der Waals surface area contributed by atoms with E-state index < -0.39 is 17.3 Å². The molecule has 0 fully saturated rings. The molecular formula is C12H17NO4. The Morgan fingerprint density at radius 3 is 2.47 bits per heavy atom. The van der Waals surface area contributed by atoms with Crippen molar-refractivity contribution in [1.29, 1.82) is 5.41 Å². The van der Waals surface area contributed by atoms with Crippen molar-refractivity contribution in [2.24, 2.45) is 11.3 Å². The van der Waals surface area contributed by atoms with Gasteiger partial charge < -0.3 is 15.3 Å². The third kappa shape index (κ3) is 2.23. The Bertz CT molecular complexity index is 420. The van der Waals surface area contributed by atoms with Crippen molar-refractivity contribution in [2.45, 2.75) is 27.2 Å². The molecule has 0 aromatic rings. The Hall–Kier alpha value is -1.65. The van der Waals surface area contributed by atoms with Crippen LogP contribution in [-0.2, 0) is 14.3 Å². The highest BCUT2D eigenvalue weighted by Crippen LogP contribution is 2.42. The van der Waals surface area contributed by atoms with Gasteiger partial charge >= 0.3 is 5.97 Å². The number of ether oxygens (including phenoxy) is 1. The fourth-order valence-electron chi connectivity index (χ4n) is 2.21. The molecule has 1 aliphatic rings. The normalized spacial score (nSPS) is 23.5. The minimum Gasteiger partial charge on any atom is -0.511 e. The van der Waals surface area contributed by atoms with Crippen molar-refractivity contribution in [3.8, 4) is 0 Å². The Balaban J connectivity index is 3.37. The predicted octanol–water partition coefficient (Wildman–Crippen LogP) is 1.63. The zero-order valence-corrected chi connectivity index (χ0v) is 10.5. The lowest BCUT2D eigenvalue weighted by Crippen LogP contribution is -2.41. The van der Waals surface area contributed by atoms with Crippen molar-refractivity contribution < 1.29 is 19.4 Å². The van der Waals surface area contributed by atoms with Gasteiger partial charge in [-0.1, -0.05) is 13.8 Å². The van der Waals surface area contributed by atoms with Crippen LogP contribution in [0.15, 0.2) is 11.3 Å². The number of carbonyl (C=O) groups is 2. The summed E-state index contributed by atoms with van der Waals surface area (Å²) in [6.07, 6.45) is 0.113. The van der Waals surface area contributed by atoms with Crippen LogP contribution < -0.4 is 0 Å². The molecule has 0 aromatic heterocycles. The number of aliphatic hydroxyl groups is 1. The molecule has 1 aliphatic carbocycles. The lowest BCUT2D eigenvalue weighted by molar-refractivity contribution is -0.150. The van der Waals surface area contributed by atoms with Crippen LogP contribution in [0.3, 0.4) is 0 Å². The third-order valence-corrected chi connectivity index (χ3v) is 3.02. The van der Waals surface area contributed by atoms with E-state index in [1.807, 2.05) is 0 Å². The highest BCUT2D eigenvalue weighted by atomic mass is 16.5. The van der Waals surface area contributed by atoms with Gasteiger partial charge in [-0.3, -0.25) is 9.59 Å². The van der Waals surface area contributed by atoms with E-state index in [2.05, 4.69) is 4.74 Å². The molecule has 0 unspecified atom stereocenters. The smallest absolute Gasteiger partial charge is 0.316 e. The molecule has 0 heterocycles. The van der Waals surface area contributed by atoms with Crippen LogP contribution in [0.4, 0.5) is 0 Å². The summed E-state index contributed by atoms with van der Waals surface area (Å²) in [5.41, 5.74) is -0.788. The van der Waals surface area contributed by atoms with Crippen molar-refractivity contribution in [2.75, 3.05) is 7.11 Å². The number of hydrogen-bond acceptors (Lipinski definition) is 5. The maximum Gasteiger partial charge on any atom is 0.316 e. The quantitative estimate of drug-likeness (QED) is 0.566. The number of allylic oxidation sites excluding steroid dienone is 1. The van der Waals surface area contributed by atoms with Gasteiger partial charge in [0.15, 0.2) is 5.78 Å². The first kappa shape index (κ1) is 13.4. The van der Waals surface area contributed by atoms with E-state index in [1.54, 1.807) is 13.8 Å². The number of ketones is 1. The van der Waals surface area contributed by atoms with Gasteiger partial charge in [-0.25, -0.2) is 0 Å². The van der Waals surface area contributed by atoms with Gasteiger partial charge in [-0.15, -0.1) is 0 Å². The molecule has 94 valence electrons. The summed E-state index contributed by atoms with van der Waals surface area (Å²) in [4.78, 5) is 23.5. The summed E-state index contributed by atoms with van der Waals surface area (Å²) < 4.78 is 4.64. The van der Waals surface area contributed by atoms with Crippen LogP contribution in [0.25, 0.3) is 0 Å². The first-order valence-corrected chi connectivity index (χ1v) is 5.32. The van der Waals surface area contributed by atoms with Crippen molar-refractivity contribution in [1.82, 2.24) is 0 Å². The number of methoxy groups -OCH3 is 1. The lowest BCUT2D eigenvalue weighted by atomic mass is 9.68. The number of Topliss-reactive ketones (excluding diaryl/α,β-unsaturated/α-hetero) is 1. The summed E-state index contributed by atoms with van der Waals surface area (Å²) in [7, 11) is 1.24. The number of esters is 1. The molecule has 0 saturated heterocycles. The summed E-state index contributed by atoms with van der Waals surface area (Å²) in [5, 5.41) is 17.5. The summed E-state index contributed by atoms with van der Waals surface area (Å²) >= 11 is 0. The van der Waals surface area contributed by atoms with E-state index in [1.165, 1.54) is 14.0 Å². The Labute approximate surface area is 100.0 Å². The molecular weight excluding hydrogens is 222 g/mol. The number of aliphatic hydroxyl groups excluding tert-OH is 1. The summed E-state index contributed by atoms with van der Waals surface area (Å²) in [6, 6.07) is 0. The fourth-order valence-corrected chi connectivity index (χ4v) is 2.21. The van der Waals surface area contributed by atoms with Crippen molar-refractivity contribution >= 4 is 17.5 Å². The zero-order valence-electron chi connectivity index (χ0n) is 10.5. The maximum atomic E-state index is 11.8. The van der Waals surface area contributed by atoms with Gasteiger partial charge in [0.1, 0.15) is 11.7 Å². The third-order valence-electron chi connectivity index (χ3n) is 3.02. The fraction of sp³-hybridized carbons (Fsp3) is 0.583. The van der Waals surface area contributed by atoms with E-state index >= 15 is 0 Å². The minimum atomic E-state index is -0.888. The van der Waals surface area contributed by atoms with Crippen LogP contribution in [0.1, 0.15) is 27.2 Å². The van der Waals surface area contributed by atoms with Gasteiger partial charge in [0.05, 0.1) is 12.7 Å². The van der Waals surface area contributed by atoms with Gasteiger partial charge in [0.25, 0.3) is 0 Å². The maximum absolute atomic E-state index is 11.8. The molecule has 0 saturated carbocycles. The molecule has 0 aromatic carbocycles. The number of rotatable bonds is 2. The molecule has 2 N–H and O–H groups in total. The van der Waals surface area contributed by atoms with Gasteiger partial charge in [-0.2, -0.15) is 0 Å². The molecule has 17 heavy (non-hydrogen) atoms. The lowest BCUT2D eigenvalue weighted by Gasteiger charge is -2.36. The number of nitrogens with one attached hydrogen (secondary N) is 1. The SMILES string of the molecule is COC(=O)[C@H]1C(O)=C(C(C)=N)C(=O)CC1(C)C.